The molecule has 1 aliphatic heterocycles. The van der Waals surface area contributed by atoms with E-state index in [1.54, 1.807) is 6.20 Å². The summed E-state index contributed by atoms with van der Waals surface area (Å²) >= 11 is 0. The molecule has 3 heterocycles. The normalized spacial score (nSPS) is 11.9. The van der Waals surface area contributed by atoms with Crippen LogP contribution < -0.4 is 20.1 Å². The van der Waals surface area contributed by atoms with Gasteiger partial charge < -0.3 is 20.1 Å². The first-order valence-corrected chi connectivity index (χ1v) is 9.58. The zero-order valence-corrected chi connectivity index (χ0v) is 16.1. The minimum Gasteiger partial charge on any atom is -0.454 e. The second kappa shape index (κ2) is 8.08. The van der Waals surface area contributed by atoms with Crippen LogP contribution in [0.5, 0.6) is 11.5 Å². The summed E-state index contributed by atoms with van der Waals surface area (Å²) in [5.41, 5.74) is 3.58. The Labute approximate surface area is 173 Å². The molecule has 7 heteroatoms. The Kier molecular flexibility index (Phi) is 4.83. The fourth-order valence-electron chi connectivity index (χ4n) is 3.14. The average Bonchev–Trinajstić information content (AvgIpc) is 3.27. The largest absolute Gasteiger partial charge is 0.454 e. The molecule has 0 atom stereocenters. The van der Waals surface area contributed by atoms with Crippen LogP contribution >= 0.6 is 0 Å². The van der Waals surface area contributed by atoms with Crippen LogP contribution in [0.3, 0.4) is 0 Å². The highest BCUT2D eigenvalue weighted by atomic mass is 16.7. The zero-order chi connectivity index (χ0) is 20.2. The van der Waals surface area contributed by atoms with Crippen LogP contribution in [0.4, 0.5) is 17.5 Å². The fourth-order valence-corrected chi connectivity index (χ4v) is 3.14. The molecule has 0 unspecified atom stereocenters. The molecule has 1 aliphatic rings. The van der Waals surface area contributed by atoms with Crippen LogP contribution in [0.1, 0.15) is 5.69 Å². The molecule has 0 aliphatic carbocycles. The van der Waals surface area contributed by atoms with Gasteiger partial charge in [-0.3, -0.25) is 4.98 Å². The number of hydrogen-bond donors (Lipinski definition) is 2. The predicted octanol–water partition coefficient (Wildman–Crippen LogP) is 4.62. The van der Waals surface area contributed by atoms with Crippen molar-refractivity contribution in [2.45, 2.75) is 6.54 Å². The third-order valence-corrected chi connectivity index (χ3v) is 4.60. The predicted molar refractivity (Wildman–Crippen MR) is 115 cm³/mol. The molecule has 0 saturated carbocycles. The lowest BCUT2D eigenvalue weighted by molar-refractivity contribution is 0.174. The van der Waals surface area contributed by atoms with E-state index < -0.39 is 0 Å². The Morgan fingerprint density at radius 2 is 1.70 bits per heavy atom. The minimum atomic E-state index is 0.236. The summed E-state index contributed by atoms with van der Waals surface area (Å²) < 4.78 is 10.8. The molecule has 7 nitrogen and oxygen atoms in total. The highest BCUT2D eigenvalue weighted by molar-refractivity contribution is 5.67. The lowest BCUT2D eigenvalue weighted by Gasteiger charge is -2.12. The molecular weight excluding hydrogens is 378 g/mol. The molecule has 2 aromatic heterocycles. The van der Waals surface area contributed by atoms with E-state index in [4.69, 9.17) is 14.5 Å². The van der Waals surface area contributed by atoms with Gasteiger partial charge in [-0.1, -0.05) is 36.4 Å². The molecule has 30 heavy (non-hydrogen) atoms. The Bertz CT molecular complexity index is 1150. The molecule has 2 aromatic carbocycles. The van der Waals surface area contributed by atoms with Gasteiger partial charge in [0, 0.05) is 29.6 Å². The summed E-state index contributed by atoms with van der Waals surface area (Å²) in [6.45, 7) is 0.802. The standard InChI is InChI=1S/C23H19N5O2/c1-2-6-16(7-3-1)19-13-22(25-14-18-8-4-5-11-24-18)28-23(27-19)26-17-9-10-20-21(12-17)30-15-29-20/h1-13H,14-15H2,(H2,25,26,27,28). The Morgan fingerprint density at radius 3 is 2.57 bits per heavy atom. The summed E-state index contributed by atoms with van der Waals surface area (Å²) in [6.07, 6.45) is 1.78. The molecule has 0 radical (unpaired) electrons. The molecule has 2 N–H and O–H groups in total. The van der Waals surface area contributed by atoms with Gasteiger partial charge in [-0.2, -0.15) is 4.98 Å². The summed E-state index contributed by atoms with van der Waals surface area (Å²) in [5.74, 6) is 2.63. The van der Waals surface area contributed by atoms with Crippen LogP contribution in [0.25, 0.3) is 11.3 Å². The first kappa shape index (κ1) is 17.9. The summed E-state index contributed by atoms with van der Waals surface area (Å²) in [5, 5.41) is 6.61. The topological polar surface area (TPSA) is 81.2 Å². The number of anilines is 3. The van der Waals surface area contributed by atoms with Gasteiger partial charge in [0.15, 0.2) is 11.5 Å². The van der Waals surface area contributed by atoms with Gasteiger partial charge in [0.2, 0.25) is 12.7 Å². The van der Waals surface area contributed by atoms with E-state index in [0.29, 0.717) is 24.1 Å². The summed E-state index contributed by atoms with van der Waals surface area (Å²) in [4.78, 5) is 13.7. The van der Waals surface area contributed by atoms with Gasteiger partial charge >= 0.3 is 0 Å². The van der Waals surface area contributed by atoms with Crippen LogP contribution in [0, 0.1) is 0 Å². The van der Waals surface area contributed by atoms with Crippen molar-refractivity contribution < 1.29 is 9.47 Å². The van der Waals surface area contributed by atoms with Gasteiger partial charge in [0.25, 0.3) is 0 Å². The average molecular weight is 397 g/mol. The number of rotatable bonds is 6. The lowest BCUT2D eigenvalue weighted by atomic mass is 10.1. The molecule has 0 amide bonds. The van der Waals surface area contributed by atoms with Gasteiger partial charge in [-0.25, -0.2) is 4.98 Å². The Morgan fingerprint density at radius 1 is 0.833 bits per heavy atom. The Hall–Kier alpha value is -4.13. The quantitative estimate of drug-likeness (QED) is 0.491. The van der Waals surface area contributed by atoms with Crippen LogP contribution in [-0.2, 0) is 6.54 Å². The van der Waals surface area contributed by atoms with E-state index in [1.807, 2.05) is 72.8 Å². The van der Waals surface area contributed by atoms with Crippen molar-refractivity contribution in [3.05, 3.63) is 84.7 Å². The minimum absolute atomic E-state index is 0.236. The van der Waals surface area contributed by atoms with Crippen LogP contribution in [-0.4, -0.2) is 21.7 Å². The monoisotopic (exact) mass is 397 g/mol. The van der Waals surface area contributed by atoms with Gasteiger partial charge in [0.1, 0.15) is 5.82 Å². The van der Waals surface area contributed by atoms with Gasteiger partial charge in [-0.05, 0) is 24.3 Å². The third-order valence-electron chi connectivity index (χ3n) is 4.60. The highest BCUT2D eigenvalue weighted by Crippen LogP contribution is 2.35. The first-order chi connectivity index (χ1) is 14.8. The van der Waals surface area contributed by atoms with E-state index in [2.05, 4.69) is 20.6 Å². The second-order valence-corrected chi connectivity index (χ2v) is 6.70. The van der Waals surface area contributed by atoms with Crippen molar-refractivity contribution in [2.75, 3.05) is 17.4 Å². The lowest BCUT2D eigenvalue weighted by Crippen LogP contribution is -2.06. The molecule has 0 bridgehead atoms. The molecular formula is C23H19N5O2. The van der Waals surface area contributed by atoms with Crippen molar-refractivity contribution in [2.24, 2.45) is 0 Å². The van der Waals surface area contributed by atoms with E-state index >= 15 is 0 Å². The van der Waals surface area contributed by atoms with Crippen LogP contribution in [0.15, 0.2) is 79.0 Å². The number of pyridine rings is 1. The number of hydrogen-bond acceptors (Lipinski definition) is 7. The molecule has 148 valence electrons. The fraction of sp³-hybridized carbons (Fsp3) is 0.0870. The van der Waals surface area contributed by atoms with Crippen molar-refractivity contribution in [3.63, 3.8) is 0 Å². The van der Waals surface area contributed by atoms with Gasteiger partial charge in [0.05, 0.1) is 17.9 Å². The maximum absolute atomic E-state index is 5.46. The first-order valence-electron chi connectivity index (χ1n) is 9.58. The second-order valence-electron chi connectivity index (χ2n) is 6.70. The third kappa shape index (κ3) is 4.00. The van der Waals surface area contributed by atoms with Crippen molar-refractivity contribution in [1.29, 1.82) is 0 Å². The molecule has 5 rings (SSSR count). The maximum atomic E-state index is 5.46. The number of aromatic nitrogens is 3. The van der Waals surface area contributed by atoms with E-state index in [0.717, 1.165) is 28.4 Å². The number of fused-ring (bicyclic) bond motifs is 1. The van der Waals surface area contributed by atoms with E-state index in [9.17, 15) is 0 Å². The maximum Gasteiger partial charge on any atom is 0.231 e. The van der Waals surface area contributed by atoms with Gasteiger partial charge in [-0.15, -0.1) is 0 Å². The molecule has 4 aromatic rings. The number of nitrogens with zero attached hydrogens (tertiary/aromatic N) is 3. The number of ether oxygens (including phenoxy) is 2. The van der Waals surface area contributed by atoms with E-state index in [-0.39, 0.29) is 6.79 Å². The van der Waals surface area contributed by atoms with E-state index in [1.165, 1.54) is 0 Å². The SMILES string of the molecule is c1ccc(-c2cc(NCc3ccccn3)nc(Nc3ccc4c(c3)OCO4)n2)cc1. The van der Waals surface area contributed by atoms with Crippen molar-refractivity contribution in [1.82, 2.24) is 15.0 Å². The number of nitrogens with one attached hydrogen (secondary N) is 2. The molecule has 0 fully saturated rings. The van der Waals surface area contributed by atoms with Crippen molar-refractivity contribution in [3.8, 4) is 22.8 Å². The Balaban J connectivity index is 1.44. The smallest absolute Gasteiger partial charge is 0.231 e. The van der Waals surface area contributed by atoms with Crippen molar-refractivity contribution >= 4 is 17.5 Å². The zero-order valence-electron chi connectivity index (χ0n) is 16.1. The summed E-state index contributed by atoms with van der Waals surface area (Å²) in [7, 11) is 0. The highest BCUT2D eigenvalue weighted by Gasteiger charge is 2.14. The number of benzene rings is 2. The summed E-state index contributed by atoms with van der Waals surface area (Å²) in [6, 6.07) is 23.4. The molecule has 0 saturated heterocycles. The van der Waals surface area contributed by atoms with Crippen LogP contribution in [0.2, 0.25) is 0 Å². The molecule has 0 spiro atoms.